The lowest BCUT2D eigenvalue weighted by atomic mass is 10.0. The highest BCUT2D eigenvalue weighted by Crippen LogP contribution is 2.20. The van der Waals surface area contributed by atoms with Gasteiger partial charge in [0.1, 0.15) is 0 Å². The molecule has 0 rings (SSSR count). The second-order valence-electron chi connectivity index (χ2n) is 31.9. The zero-order chi connectivity index (χ0) is 72.5. The van der Waals surface area contributed by atoms with E-state index < -0.39 is 0 Å². The van der Waals surface area contributed by atoms with E-state index in [1.165, 1.54) is 411 Å². The monoisotopic (exact) mass is 1410 g/mol. The van der Waals surface area contributed by atoms with Crippen molar-refractivity contribution in [3.05, 3.63) is 0 Å². The van der Waals surface area contributed by atoms with Crippen LogP contribution in [0.1, 0.15) is 541 Å². The SMILES string of the molecule is CCCCCCCCCCCCCCCCCCNC(=O)CCCCCCCCC(=O)NCCCCCCCCCCCCCCCCCC.CCCCCCCCCCCCCCCCCCNC(=O)CCCCCCCCC(=O)NCCCCCCCCCCCCCCCCCC. The Hall–Kier alpha value is -2.12. The van der Waals surface area contributed by atoms with E-state index in [0.717, 1.165) is 103 Å². The molecule has 8 heteroatoms. The molecule has 4 N–H and O–H groups in total. The van der Waals surface area contributed by atoms with Crippen LogP contribution in [0.5, 0.6) is 0 Å². The van der Waals surface area contributed by atoms with Gasteiger partial charge in [0, 0.05) is 51.9 Å². The molecule has 0 fully saturated rings. The second kappa shape index (κ2) is 93.0. The van der Waals surface area contributed by atoms with E-state index in [0.29, 0.717) is 25.7 Å². The van der Waals surface area contributed by atoms with E-state index in [4.69, 9.17) is 0 Å². The molecule has 0 radical (unpaired) electrons. The maximum Gasteiger partial charge on any atom is 0.219 e. The molecule has 0 unspecified atom stereocenters. The third-order valence-electron chi connectivity index (χ3n) is 21.5. The zero-order valence-corrected chi connectivity index (χ0v) is 69.0. The number of carbonyl (C=O) groups is 4. The molecule has 0 saturated heterocycles. The smallest absolute Gasteiger partial charge is 0.219 e. The van der Waals surface area contributed by atoms with Crippen LogP contribution in [0.2, 0.25) is 0 Å². The van der Waals surface area contributed by atoms with E-state index in [1.807, 2.05) is 0 Å². The summed E-state index contributed by atoms with van der Waals surface area (Å²) in [6.07, 6.45) is 104. The van der Waals surface area contributed by atoms with Crippen LogP contribution >= 0.6 is 0 Å². The summed E-state index contributed by atoms with van der Waals surface area (Å²) in [6.45, 7) is 12.5. The predicted molar refractivity (Wildman–Crippen MR) is 444 cm³/mol. The summed E-state index contributed by atoms with van der Waals surface area (Å²) >= 11 is 0. The molecule has 0 aromatic carbocycles. The maximum absolute atomic E-state index is 12.1. The van der Waals surface area contributed by atoms with E-state index in [1.54, 1.807) is 0 Å². The first-order valence-electron chi connectivity index (χ1n) is 46.5. The van der Waals surface area contributed by atoms with Crippen molar-refractivity contribution in [3.8, 4) is 0 Å². The maximum atomic E-state index is 12.1. The number of hydrogen-bond donors (Lipinski definition) is 4. The molecule has 0 heterocycles. The molecule has 8 nitrogen and oxygen atoms in total. The minimum Gasteiger partial charge on any atom is -0.356 e. The molecule has 0 aromatic rings. The molecule has 0 saturated carbocycles. The van der Waals surface area contributed by atoms with Crippen LogP contribution in [0.4, 0.5) is 0 Å². The topological polar surface area (TPSA) is 116 Å². The predicted octanol–water partition coefficient (Wildman–Crippen LogP) is 29.7. The normalized spacial score (nSPS) is 11.3. The van der Waals surface area contributed by atoms with Gasteiger partial charge in [-0.05, 0) is 51.4 Å². The summed E-state index contributed by atoms with van der Waals surface area (Å²) in [5.41, 5.74) is 0. The molecule has 0 bridgehead atoms. The van der Waals surface area contributed by atoms with E-state index >= 15 is 0 Å². The van der Waals surface area contributed by atoms with Crippen molar-refractivity contribution in [3.63, 3.8) is 0 Å². The molecule has 596 valence electrons. The van der Waals surface area contributed by atoms with Crippen molar-refractivity contribution in [2.24, 2.45) is 0 Å². The lowest BCUT2D eigenvalue weighted by Crippen LogP contribution is -2.24. The molecule has 100 heavy (non-hydrogen) atoms. The zero-order valence-electron chi connectivity index (χ0n) is 69.0. The molecule has 0 aromatic heterocycles. The molecular weight excluding hydrogens is 1230 g/mol. The number of rotatable bonds is 86. The van der Waals surface area contributed by atoms with Gasteiger partial charge in [0.15, 0.2) is 0 Å². The summed E-state index contributed by atoms with van der Waals surface area (Å²) in [5.74, 6) is 0.915. The average molecular weight is 1410 g/mol. The first kappa shape index (κ1) is 99.9. The number of amides is 4. The minimum atomic E-state index is 0.229. The average Bonchev–Trinajstić information content (AvgIpc) is 3.84. The third kappa shape index (κ3) is 93.9. The van der Waals surface area contributed by atoms with Gasteiger partial charge in [-0.15, -0.1) is 0 Å². The highest BCUT2D eigenvalue weighted by atomic mass is 16.2. The summed E-state index contributed by atoms with van der Waals surface area (Å²) < 4.78 is 0. The first-order chi connectivity index (χ1) is 49.4. The fourth-order valence-electron chi connectivity index (χ4n) is 14.5. The lowest BCUT2D eigenvalue weighted by molar-refractivity contribution is -0.122. The van der Waals surface area contributed by atoms with Gasteiger partial charge in [-0.1, -0.05) is 464 Å². The molecule has 0 atom stereocenters. The Morgan fingerprint density at radius 1 is 0.130 bits per heavy atom. The number of unbranched alkanes of at least 4 members (excludes halogenated alkanes) is 70. The lowest BCUT2D eigenvalue weighted by Gasteiger charge is -2.07. The Labute approximate surface area is 628 Å². The van der Waals surface area contributed by atoms with Crippen LogP contribution in [-0.2, 0) is 19.2 Å². The standard InChI is InChI=1S/2C46H92N2O2/c2*1-3-5-7-9-11-13-15-17-19-21-23-25-27-31-35-39-43-47-45(49)41-37-33-29-30-34-38-42-46(50)48-44-40-36-32-28-26-24-22-20-18-16-14-12-10-8-6-4-2/h2*3-44H2,1-2H3,(H,47,49)(H,48,50). The number of nitrogens with one attached hydrogen (secondary N) is 4. The van der Waals surface area contributed by atoms with Crippen LogP contribution in [0.3, 0.4) is 0 Å². The first-order valence-corrected chi connectivity index (χ1v) is 46.5. The van der Waals surface area contributed by atoms with Crippen LogP contribution in [-0.4, -0.2) is 49.8 Å². The van der Waals surface area contributed by atoms with Gasteiger partial charge in [0.25, 0.3) is 0 Å². The Kier molecular flexibility index (Phi) is 92.9. The molecule has 4 amide bonds. The van der Waals surface area contributed by atoms with E-state index in [9.17, 15) is 19.2 Å². The summed E-state index contributed by atoms with van der Waals surface area (Å²) in [5, 5.41) is 12.5. The van der Waals surface area contributed by atoms with Gasteiger partial charge in [-0.25, -0.2) is 0 Å². The van der Waals surface area contributed by atoms with E-state index in [2.05, 4.69) is 49.0 Å². The highest BCUT2D eigenvalue weighted by molar-refractivity contribution is 5.76. The van der Waals surface area contributed by atoms with Gasteiger partial charge in [0.05, 0.1) is 0 Å². The van der Waals surface area contributed by atoms with Gasteiger partial charge < -0.3 is 21.3 Å². The molecule has 0 aliphatic rings. The van der Waals surface area contributed by atoms with Gasteiger partial charge in [0.2, 0.25) is 23.6 Å². The van der Waals surface area contributed by atoms with Crippen LogP contribution in [0.15, 0.2) is 0 Å². The third-order valence-corrected chi connectivity index (χ3v) is 21.5. The van der Waals surface area contributed by atoms with Gasteiger partial charge in [-0.3, -0.25) is 19.2 Å². The summed E-state index contributed by atoms with van der Waals surface area (Å²) in [6, 6.07) is 0. The Balaban J connectivity index is 0. The number of carbonyl (C=O) groups excluding carboxylic acids is 4. The quantitative estimate of drug-likeness (QED) is 0.0454. The van der Waals surface area contributed by atoms with Crippen molar-refractivity contribution >= 4 is 23.6 Å². The Morgan fingerprint density at radius 3 is 0.330 bits per heavy atom. The van der Waals surface area contributed by atoms with Crippen LogP contribution in [0, 0.1) is 0 Å². The molecule has 0 spiro atoms. The van der Waals surface area contributed by atoms with Gasteiger partial charge >= 0.3 is 0 Å². The Morgan fingerprint density at radius 2 is 0.220 bits per heavy atom. The van der Waals surface area contributed by atoms with Gasteiger partial charge in [-0.2, -0.15) is 0 Å². The van der Waals surface area contributed by atoms with Crippen molar-refractivity contribution < 1.29 is 19.2 Å². The number of hydrogen-bond acceptors (Lipinski definition) is 4. The molecule has 0 aliphatic heterocycles. The summed E-state index contributed by atoms with van der Waals surface area (Å²) in [7, 11) is 0. The molecular formula is C92H184N4O4. The minimum absolute atomic E-state index is 0.229. The fourth-order valence-corrected chi connectivity index (χ4v) is 14.5. The highest BCUT2D eigenvalue weighted by Gasteiger charge is 2.07. The van der Waals surface area contributed by atoms with Crippen molar-refractivity contribution in [2.45, 2.75) is 541 Å². The van der Waals surface area contributed by atoms with Crippen LogP contribution < -0.4 is 21.3 Å². The van der Waals surface area contributed by atoms with Crippen molar-refractivity contribution in [2.75, 3.05) is 26.2 Å². The van der Waals surface area contributed by atoms with Crippen molar-refractivity contribution in [1.29, 1.82) is 0 Å². The largest absolute Gasteiger partial charge is 0.356 e. The van der Waals surface area contributed by atoms with Crippen molar-refractivity contribution in [1.82, 2.24) is 21.3 Å². The van der Waals surface area contributed by atoms with E-state index in [-0.39, 0.29) is 23.6 Å². The fraction of sp³-hybridized carbons (Fsp3) is 0.957. The van der Waals surface area contributed by atoms with Crippen LogP contribution in [0.25, 0.3) is 0 Å². The Bertz CT molecular complexity index is 1330. The second-order valence-corrected chi connectivity index (χ2v) is 31.9. The summed E-state index contributed by atoms with van der Waals surface area (Å²) in [4.78, 5) is 48.5. The molecule has 0 aliphatic carbocycles.